The molecule has 0 saturated heterocycles. The van der Waals surface area contributed by atoms with Crippen molar-refractivity contribution in [2.75, 3.05) is 5.75 Å². The Hall–Kier alpha value is -0.430. The molecule has 0 saturated carbocycles. The van der Waals surface area contributed by atoms with Crippen molar-refractivity contribution in [2.45, 2.75) is 87.8 Å². The Bertz CT molecular complexity index is 714. The van der Waals surface area contributed by atoms with Crippen LogP contribution < -0.4 is 0 Å². The molecule has 0 unspecified atom stereocenters. The second kappa shape index (κ2) is 15.4. The first-order valence-electron chi connectivity index (χ1n) is 10.8. The molecule has 2 rings (SSSR count). The lowest BCUT2D eigenvalue weighted by atomic mass is 10.1. The summed E-state index contributed by atoms with van der Waals surface area (Å²) in [5.74, 6) is 1.21. The fraction of sp³-hybridized carbons (Fsp3) is 0.565. The maximum Gasteiger partial charge on any atom is 0.140 e. The van der Waals surface area contributed by atoms with Gasteiger partial charge in [0.2, 0.25) is 0 Å². The summed E-state index contributed by atoms with van der Waals surface area (Å²) in [7, 11) is 3.85. The van der Waals surface area contributed by atoms with Crippen molar-refractivity contribution in [3.05, 3.63) is 34.3 Å². The summed E-state index contributed by atoms with van der Waals surface area (Å²) in [6.45, 7) is 4.42. The van der Waals surface area contributed by atoms with Gasteiger partial charge in [-0.3, -0.25) is 0 Å². The van der Waals surface area contributed by atoms with Gasteiger partial charge in [0.05, 0.1) is 0 Å². The van der Waals surface area contributed by atoms with Crippen LogP contribution in [0.2, 0.25) is 0 Å². The van der Waals surface area contributed by atoms with E-state index >= 15 is 0 Å². The smallest absolute Gasteiger partial charge is 0.140 e. The fourth-order valence-corrected chi connectivity index (χ4v) is 6.29. The molecule has 0 spiro atoms. The zero-order valence-corrected chi connectivity index (χ0v) is 21.1. The van der Waals surface area contributed by atoms with Gasteiger partial charge in [0.1, 0.15) is 10.5 Å². The summed E-state index contributed by atoms with van der Waals surface area (Å²) >= 11 is 6.09. The molecule has 1 aromatic heterocycles. The predicted octanol–water partition coefficient (Wildman–Crippen LogP) is 9.05. The first kappa shape index (κ1) is 24.8. The topological polar surface area (TPSA) is 25.8 Å². The highest BCUT2D eigenvalue weighted by atomic mass is 33.1. The molecule has 2 aromatic rings. The van der Waals surface area contributed by atoms with E-state index in [1.807, 2.05) is 21.6 Å². The molecule has 1 aromatic carbocycles. The molecule has 0 aliphatic rings. The lowest BCUT2D eigenvalue weighted by Crippen LogP contribution is -1.86. The van der Waals surface area contributed by atoms with Crippen LogP contribution in [0.5, 0.6) is 0 Å². The van der Waals surface area contributed by atoms with Crippen LogP contribution in [0.3, 0.4) is 0 Å². The van der Waals surface area contributed by atoms with Crippen LogP contribution in [0.25, 0.3) is 11.6 Å². The SMILES string of the molecule is CCCCCCCCCCCCSSc1ccc(S)cc1C(C)=Cc1nncs1. The molecule has 29 heavy (non-hydrogen) atoms. The van der Waals surface area contributed by atoms with Gasteiger partial charge < -0.3 is 0 Å². The van der Waals surface area contributed by atoms with Crippen LogP contribution in [0.15, 0.2) is 33.5 Å². The molecule has 0 radical (unpaired) electrons. The minimum atomic E-state index is 0.945. The van der Waals surface area contributed by atoms with Gasteiger partial charge in [-0.1, -0.05) is 86.3 Å². The Morgan fingerprint density at radius 3 is 2.38 bits per heavy atom. The van der Waals surface area contributed by atoms with E-state index in [1.165, 1.54) is 86.0 Å². The van der Waals surface area contributed by atoms with E-state index in [2.05, 4.69) is 60.9 Å². The number of rotatable bonds is 15. The van der Waals surface area contributed by atoms with Crippen LogP contribution in [0.4, 0.5) is 0 Å². The summed E-state index contributed by atoms with van der Waals surface area (Å²) in [5, 5.41) is 9.00. The Balaban J connectivity index is 1.66. The van der Waals surface area contributed by atoms with E-state index < -0.39 is 0 Å². The van der Waals surface area contributed by atoms with Crippen molar-refractivity contribution in [2.24, 2.45) is 0 Å². The van der Waals surface area contributed by atoms with Crippen LogP contribution in [0.1, 0.15) is 88.6 Å². The fourth-order valence-electron chi connectivity index (χ4n) is 3.16. The van der Waals surface area contributed by atoms with Crippen molar-refractivity contribution in [3.63, 3.8) is 0 Å². The number of hydrogen-bond donors (Lipinski definition) is 1. The Kier molecular flexibility index (Phi) is 13.2. The molecule has 0 N–H and O–H groups in total. The van der Waals surface area contributed by atoms with Crippen molar-refractivity contribution in [1.29, 1.82) is 0 Å². The molecule has 160 valence electrons. The monoisotopic (exact) mass is 466 g/mol. The first-order valence-corrected chi connectivity index (χ1v) is 14.4. The number of aromatic nitrogens is 2. The maximum atomic E-state index is 4.53. The van der Waals surface area contributed by atoms with E-state index in [0.717, 1.165) is 9.90 Å². The standard InChI is InChI=1S/C23H34N2S4/c1-3-4-5-6-7-8-9-10-11-12-15-28-29-22-14-13-20(26)17-21(22)19(2)16-23-25-24-18-27-23/h13-14,16-18,26H,3-12,15H2,1-2H3. The van der Waals surface area contributed by atoms with Crippen LogP contribution in [-0.2, 0) is 0 Å². The second-order valence-corrected chi connectivity index (χ2v) is 11.2. The summed E-state index contributed by atoms with van der Waals surface area (Å²) in [6, 6.07) is 6.42. The van der Waals surface area contributed by atoms with Gasteiger partial charge in [-0.05, 0) is 48.8 Å². The van der Waals surface area contributed by atoms with E-state index in [9.17, 15) is 0 Å². The van der Waals surface area contributed by atoms with Crippen molar-refractivity contribution < 1.29 is 0 Å². The molecular weight excluding hydrogens is 433 g/mol. The number of hydrogen-bond acceptors (Lipinski definition) is 6. The van der Waals surface area contributed by atoms with Gasteiger partial charge in [0, 0.05) is 15.5 Å². The highest BCUT2D eigenvalue weighted by Crippen LogP contribution is 2.38. The Morgan fingerprint density at radius 2 is 1.72 bits per heavy atom. The largest absolute Gasteiger partial charge is 0.147 e. The third-order valence-corrected chi connectivity index (χ3v) is 8.25. The summed E-state index contributed by atoms with van der Waals surface area (Å²) in [5.41, 5.74) is 4.22. The lowest BCUT2D eigenvalue weighted by Gasteiger charge is -2.10. The zero-order valence-electron chi connectivity index (χ0n) is 17.7. The Morgan fingerprint density at radius 1 is 1.03 bits per heavy atom. The van der Waals surface area contributed by atoms with E-state index in [1.54, 1.807) is 16.8 Å². The van der Waals surface area contributed by atoms with Crippen molar-refractivity contribution in [1.82, 2.24) is 10.2 Å². The van der Waals surface area contributed by atoms with Crippen molar-refractivity contribution >= 4 is 57.2 Å². The second-order valence-electron chi connectivity index (χ2n) is 7.37. The summed E-state index contributed by atoms with van der Waals surface area (Å²) in [6.07, 6.45) is 16.0. The van der Waals surface area contributed by atoms with Gasteiger partial charge >= 0.3 is 0 Å². The quantitative estimate of drug-likeness (QED) is 0.161. The van der Waals surface area contributed by atoms with Gasteiger partial charge in [0.15, 0.2) is 0 Å². The molecule has 0 amide bonds. The molecule has 1 heterocycles. The van der Waals surface area contributed by atoms with E-state index in [-0.39, 0.29) is 0 Å². The molecule has 0 aliphatic heterocycles. The number of thiol groups is 1. The minimum Gasteiger partial charge on any atom is -0.147 e. The molecule has 0 aliphatic carbocycles. The molecule has 0 fully saturated rings. The number of unbranched alkanes of at least 4 members (excludes halogenated alkanes) is 9. The highest BCUT2D eigenvalue weighted by Gasteiger charge is 2.08. The summed E-state index contributed by atoms with van der Waals surface area (Å²) in [4.78, 5) is 2.30. The molecule has 0 bridgehead atoms. The first-order chi connectivity index (χ1) is 14.2. The van der Waals surface area contributed by atoms with Crippen LogP contribution in [0, 0.1) is 0 Å². The number of nitrogens with zero attached hydrogens (tertiary/aromatic N) is 2. The zero-order chi connectivity index (χ0) is 20.7. The van der Waals surface area contributed by atoms with Gasteiger partial charge in [-0.2, -0.15) is 0 Å². The number of benzene rings is 1. The van der Waals surface area contributed by atoms with Gasteiger partial charge in [0.25, 0.3) is 0 Å². The van der Waals surface area contributed by atoms with E-state index in [4.69, 9.17) is 0 Å². The molecule has 0 atom stereocenters. The van der Waals surface area contributed by atoms with Gasteiger partial charge in [-0.15, -0.1) is 34.2 Å². The van der Waals surface area contributed by atoms with E-state index in [0.29, 0.717) is 0 Å². The third kappa shape index (κ3) is 10.4. The molecule has 2 nitrogen and oxygen atoms in total. The summed E-state index contributed by atoms with van der Waals surface area (Å²) < 4.78 is 0. The molecular formula is C23H34N2S4. The Labute approximate surface area is 194 Å². The van der Waals surface area contributed by atoms with Gasteiger partial charge in [-0.25, -0.2) is 0 Å². The average Bonchev–Trinajstić information content (AvgIpc) is 3.22. The number of allylic oxidation sites excluding steroid dienone is 1. The maximum absolute atomic E-state index is 4.53. The third-order valence-electron chi connectivity index (χ3n) is 4.83. The normalized spacial score (nSPS) is 11.9. The molecule has 6 heteroatoms. The van der Waals surface area contributed by atoms with Crippen molar-refractivity contribution in [3.8, 4) is 0 Å². The van der Waals surface area contributed by atoms with Crippen LogP contribution >= 0.6 is 45.6 Å². The average molecular weight is 467 g/mol. The highest BCUT2D eigenvalue weighted by molar-refractivity contribution is 8.76. The lowest BCUT2D eigenvalue weighted by molar-refractivity contribution is 0.563. The minimum absolute atomic E-state index is 0.945. The predicted molar refractivity (Wildman–Crippen MR) is 137 cm³/mol. The van der Waals surface area contributed by atoms with Crippen LogP contribution in [-0.4, -0.2) is 16.0 Å².